The van der Waals surface area contributed by atoms with Gasteiger partial charge in [-0.15, -0.1) is 0 Å². The Balaban J connectivity index is 2.23. The topological polar surface area (TPSA) is 28.7 Å². The fourth-order valence-corrected chi connectivity index (χ4v) is 2.57. The van der Waals surface area contributed by atoms with Crippen molar-refractivity contribution in [2.45, 2.75) is 5.33 Å². The molecule has 1 aromatic heterocycles. The molecule has 90 valence electrons. The molecule has 0 saturated carbocycles. The fourth-order valence-electron chi connectivity index (χ4n) is 2.00. The molecular formula is C14H10BrFN2. The molecule has 0 atom stereocenters. The van der Waals surface area contributed by atoms with Crippen molar-refractivity contribution in [2.75, 3.05) is 0 Å². The maximum atomic E-state index is 13.7. The summed E-state index contributed by atoms with van der Waals surface area (Å²) in [7, 11) is 0. The van der Waals surface area contributed by atoms with Gasteiger partial charge in [0.1, 0.15) is 11.6 Å². The van der Waals surface area contributed by atoms with Crippen molar-refractivity contribution in [3.63, 3.8) is 0 Å². The summed E-state index contributed by atoms with van der Waals surface area (Å²) in [6.07, 6.45) is 0. The van der Waals surface area contributed by atoms with E-state index in [9.17, 15) is 4.39 Å². The number of aromatic nitrogens is 2. The molecule has 0 aliphatic carbocycles. The van der Waals surface area contributed by atoms with Crippen LogP contribution in [0.2, 0.25) is 0 Å². The molecule has 0 radical (unpaired) electrons. The first kappa shape index (κ1) is 11.4. The Kier molecular flexibility index (Phi) is 2.88. The van der Waals surface area contributed by atoms with Crippen molar-refractivity contribution in [1.29, 1.82) is 0 Å². The number of rotatable bonds is 2. The minimum Gasteiger partial charge on any atom is -0.338 e. The summed E-state index contributed by atoms with van der Waals surface area (Å²) in [6, 6.07) is 12.8. The van der Waals surface area contributed by atoms with Crippen LogP contribution in [0.25, 0.3) is 22.4 Å². The normalized spacial score (nSPS) is 11.0. The number of hydrogen-bond acceptors (Lipinski definition) is 1. The van der Waals surface area contributed by atoms with Crippen LogP contribution < -0.4 is 0 Å². The van der Waals surface area contributed by atoms with E-state index < -0.39 is 0 Å². The average Bonchev–Trinajstić information content (AvgIpc) is 2.82. The maximum absolute atomic E-state index is 13.7. The molecule has 0 aliphatic rings. The Morgan fingerprint density at radius 2 is 1.94 bits per heavy atom. The number of para-hydroxylation sites is 2. The highest BCUT2D eigenvalue weighted by molar-refractivity contribution is 9.08. The molecule has 3 rings (SSSR count). The monoisotopic (exact) mass is 304 g/mol. The highest BCUT2D eigenvalue weighted by Crippen LogP contribution is 2.27. The number of hydrogen-bond donors (Lipinski definition) is 1. The van der Waals surface area contributed by atoms with Crippen LogP contribution in [0, 0.1) is 5.82 Å². The fraction of sp³-hybridized carbons (Fsp3) is 0.0714. The summed E-state index contributed by atoms with van der Waals surface area (Å²) >= 11 is 3.32. The van der Waals surface area contributed by atoms with Crippen LogP contribution in [0.3, 0.4) is 0 Å². The lowest BCUT2D eigenvalue weighted by molar-refractivity contribution is 0.618. The standard InChI is InChI=1S/C14H10BrFN2/c15-8-10-9(4-3-5-11(10)16)14-17-12-6-1-2-7-13(12)18-14/h1-7H,8H2,(H,17,18). The van der Waals surface area contributed by atoms with E-state index >= 15 is 0 Å². The van der Waals surface area contributed by atoms with Gasteiger partial charge in [-0.1, -0.05) is 40.2 Å². The van der Waals surface area contributed by atoms with Crippen LogP contribution in [0.15, 0.2) is 42.5 Å². The van der Waals surface area contributed by atoms with E-state index in [1.165, 1.54) is 6.07 Å². The van der Waals surface area contributed by atoms with E-state index in [-0.39, 0.29) is 5.82 Å². The van der Waals surface area contributed by atoms with Crippen molar-refractivity contribution >= 4 is 27.0 Å². The summed E-state index contributed by atoms with van der Waals surface area (Å²) in [5.74, 6) is 0.481. The molecule has 0 saturated heterocycles. The summed E-state index contributed by atoms with van der Waals surface area (Å²) in [4.78, 5) is 7.70. The van der Waals surface area contributed by atoms with Crippen molar-refractivity contribution in [3.05, 3.63) is 53.8 Å². The Labute approximate surface area is 112 Å². The van der Waals surface area contributed by atoms with E-state index in [4.69, 9.17) is 0 Å². The largest absolute Gasteiger partial charge is 0.338 e. The number of benzene rings is 2. The number of fused-ring (bicyclic) bond motifs is 1. The molecule has 0 aliphatic heterocycles. The van der Waals surface area contributed by atoms with Crippen molar-refractivity contribution in [2.24, 2.45) is 0 Å². The van der Waals surface area contributed by atoms with E-state index in [1.54, 1.807) is 6.07 Å². The van der Waals surface area contributed by atoms with E-state index in [0.717, 1.165) is 16.6 Å². The van der Waals surface area contributed by atoms with Gasteiger partial charge in [-0.3, -0.25) is 0 Å². The Morgan fingerprint density at radius 1 is 1.11 bits per heavy atom. The van der Waals surface area contributed by atoms with E-state index in [2.05, 4.69) is 25.9 Å². The first-order chi connectivity index (χ1) is 8.79. The third-order valence-corrected chi connectivity index (χ3v) is 3.46. The van der Waals surface area contributed by atoms with Crippen LogP contribution in [0.5, 0.6) is 0 Å². The van der Waals surface area contributed by atoms with Gasteiger partial charge in [0.2, 0.25) is 0 Å². The zero-order chi connectivity index (χ0) is 12.5. The second-order valence-electron chi connectivity index (χ2n) is 4.00. The van der Waals surface area contributed by atoms with Crippen molar-refractivity contribution in [3.8, 4) is 11.4 Å². The predicted molar refractivity (Wildman–Crippen MR) is 74.1 cm³/mol. The number of H-pyrrole nitrogens is 1. The Morgan fingerprint density at radius 3 is 2.72 bits per heavy atom. The van der Waals surface area contributed by atoms with Gasteiger partial charge in [0.05, 0.1) is 11.0 Å². The number of halogens is 2. The highest BCUT2D eigenvalue weighted by atomic mass is 79.9. The molecule has 0 spiro atoms. The predicted octanol–water partition coefficient (Wildman–Crippen LogP) is 4.26. The van der Waals surface area contributed by atoms with E-state index in [0.29, 0.717) is 16.7 Å². The summed E-state index contributed by atoms with van der Waals surface area (Å²) < 4.78 is 13.7. The van der Waals surface area contributed by atoms with Crippen LogP contribution in [-0.4, -0.2) is 9.97 Å². The number of nitrogens with one attached hydrogen (secondary N) is 1. The molecule has 1 heterocycles. The van der Waals surface area contributed by atoms with Crippen LogP contribution in [0.1, 0.15) is 5.56 Å². The van der Waals surface area contributed by atoms with Crippen molar-refractivity contribution in [1.82, 2.24) is 9.97 Å². The molecular weight excluding hydrogens is 295 g/mol. The van der Waals surface area contributed by atoms with Gasteiger partial charge in [-0.2, -0.15) is 0 Å². The maximum Gasteiger partial charge on any atom is 0.138 e. The minimum atomic E-state index is -0.218. The number of aromatic amines is 1. The van der Waals surface area contributed by atoms with Gasteiger partial charge < -0.3 is 4.98 Å². The zero-order valence-electron chi connectivity index (χ0n) is 9.45. The van der Waals surface area contributed by atoms with Gasteiger partial charge >= 0.3 is 0 Å². The van der Waals surface area contributed by atoms with Gasteiger partial charge in [0, 0.05) is 16.5 Å². The van der Waals surface area contributed by atoms with Crippen LogP contribution >= 0.6 is 15.9 Å². The lowest BCUT2D eigenvalue weighted by Crippen LogP contribution is -1.92. The molecule has 2 nitrogen and oxygen atoms in total. The molecule has 3 aromatic rings. The highest BCUT2D eigenvalue weighted by Gasteiger charge is 2.12. The molecule has 18 heavy (non-hydrogen) atoms. The number of alkyl halides is 1. The molecule has 0 unspecified atom stereocenters. The first-order valence-electron chi connectivity index (χ1n) is 5.58. The molecule has 1 N–H and O–H groups in total. The van der Waals surface area contributed by atoms with Gasteiger partial charge in [-0.25, -0.2) is 9.37 Å². The summed E-state index contributed by atoms with van der Waals surface area (Å²) in [6.45, 7) is 0. The van der Waals surface area contributed by atoms with Crippen LogP contribution in [-0.2, 0) is 5.33 Å². The second-order valence-corrected chi connectivity index (χ2v) is 4.56. The Hall–Kier alpha value is -1.68. The van der Waals surface area contributed by atoms with Gasteiger partial charge in [0.25, 0.3) is 0 Å². The number of nitrogens with zero attached hydrogens (tertiary/aromatic N) is 1. The third kappa shape index (κ3) is 1.82. The summed E-state index contributed by atoms with van der Waals surface area (Å²) in [5, 5.41) is 0.464. The third-order valence-electron chi connectivity index (χ3n) is 2.90. The lowest BCUT2D eigenvalue weighted by Gasteiger charge is -2.04. The van der Waals surface area contributed by atoms with Gasteiger partial charge in [0.15, 0.2) is 0 Å². The van der Waals surface area contributed by atoms with Crippen LogP contribution in [0.4, 0.5) is 4.39 Å². The number of imidazole rings is 1. The minimum absolute atomic E-state index is 0.218. The SMILES string of the molecule is Fc1cccc(-c2nc3ccccc3[nH]2)c1CBr. The molecule has 0 amide bonds. The summed E-state index contributed by atoms with van der Waals surface area (Å²) in [5.41, 5.74) is 3.26. The molecule has 0 bridgehead atoms. The second kappa shape index (κ2) is 4.53. The van der Waals surface area contributed by atoms with Crippen molar-refractivity contribution < 1.29 is 4.39 Å². The zero-order valence-corrected chi connectivity index (χ0v) is 11.0. The molecule has 2 aromatic carbocycles. The average molecular weight is 305 g/mol. The molecule has 0 fully saturated rings. The van der Waals surface area contributed by atoms with E-state index in [1.807, 2.05) is 30.3 Å². The Bertz CT molecular complexity index is 673. The lowest BCUT2D eigenvalue weighted by atomic mass is 10.1. The quantitative estimate of drug-likeness (QED) is 0.704. The molecule has 4 heteroatoms. The first-order valence-corrected chi connectivity index (χ1v) is 6.70. The van der Waals surface area contributed by atoms with Gasteiger partial charge in [-0.05, 0) is 18.2 Å². The smallest absolute Gasteiger partial charge is 0.138 e.